The summed E-state index contributed by atoms with van der Waals surface area (Å²) in [6.07, 6.45) is 0. The first-order chi connectivity index (χ1) is 11.1. The van der Waals surface area contributed by atoms with Crippen molar-refractivity contribution in [3.63, 3.8) is 0 Å². The molecule has 0 bridgehead atoms. The van der Waals surface area contributed by atoms with Crippen molar-refractivity contribution >= 4 is 39.2 Å². The number of fused-ring (bicyclic) bond motifs is 1. The van der Waals surface area contributed by atoms with Crippen LogP contribution >= 0.6 is 23.1 Å². The monoisotopic (exact) mass is 343 g/mol. The van der Waals surface area contributed by atoms with Crippen LogP contribution in [0.15, 0.2) is 41.4 Å². The van der Waals surface area contributed by atoms with Gasteiger partial charge in [0.1, 0.15) is 15.7 Å². The van der Waals surface area contributed by atoms with Crippen molar-refractivity contribution in [2.45, 2.75) is 18.9 Å². The van der Waals surface area contributed by atoms with E-state index in [1.807, 2.05) is 25.1 Å². The Balaban J connectivity index is 1.88. The fourth-order valence-corrected chi connectivity index (χ4v) is 4.28. The van der Waals surface area contributed by atoms with Gasteiger partial charge in [-0.05, 0) is 18.6 Å². The molecular formula is C17H17N3OS2. The van der Waals surface area contributed by atoms with Gasteiger partial charge in [0.15, 0.2) is 0 Å². The predicted molar refractivity (Wildman–Crippen MR) is 97.0 cm³/mol. The summed E-state index contributed by atoms with van der Waals surface area (Å²) in [6.45, 7) is 4.09. The van der Waals surface area contributed by atoms with Crippen LogP contribution in [-0.2, 0) is 4.79 Å². The van der Waals surface area contributed by atoms with E-state index in [2.05, 4.69) is 33.5 Å². The number of nitrogens with zero attached hydrogens (tertiary/aromatic N) is 2. The van der Waals surface area contributed by atoms with Crippen molar-refractivity contribution in [3.8, 4) is 10.4 Å². The van der Waals surface area contributed by atoms with Gasteiger partial charge in [-0.25, -0.2) is 9.97 Å². The lowest BCUT2D eigenvalue weighted by Gasteiger charge is -2.04. The molecule has 0 fully saturated rings. The molecule has 23 heavy (non-hydrogen) atoms. The first-order valence-electron chi connectivity index (χ1n) is 7.34. The van der Waals surface area contributed by atoms with Gasteiger partial charge >= 0.3 is 0 Å². The largest absolute Gasteiger partial charge is 0.356 e. The van der Waals surface area contributed by atoms with Crippen molar-refractivity contribution < 1.29 is 4.79 Å². The number of thiophene rings is 1. The lowest BCUT2D eigenvalue weighted by atomic mass is 10.2. The fourth-order valence-electron chi connectivity index (χ4n) is 2.23. The number of rotatable bonds is 5. The molecule has 0 aliphatic heterocycles. The first kappa shape index (κ1) is 16.0. The van der Waals surface area contributed by atoms with Crippen molar-refractivity contribution in [2.24, 2.45) is 0 Å². The summed E-state index contributed by atoms with van der Waals surface area (Å²) in [5, 5.41) is 4.88. The average Bonchev–Trinajstić information content (AvgIpc) is 2.96. The second-order valence-electron chi connectivity index (χ2n) is 5.10. The highest BCUT2D eigenvalue weighted by Crippen LogP contribution is 2.36. The molecule has 1 N–H and O–H groups in total. The molecule has 0 atom stereocenters. The molecule has 118 valence electrons. The molecule has 0 saturated heterocycles. The summed E-state index contributed by atoms with van der Waals surface area (Å²) in [5.41, 5.74) is 1.20. The smallest absolute Gasteiger partial charge is 0.216 e. The Morgan fingerprint density at radius 1 is 1.26 bits per heavy atom. The number of nitrogens with one attached hydrogen (secondary N) is 1. The molecule has 0 aliphatic rings. The highest BCUT2D eigenvalue weighted by Gasteiger charge is 2.12. The van der Waals surface area contributed by atoms with Crippen LogP contribution in [0.3, 0.4) is 0 Å². The minimum Gasteiger partial charge on any atom is -0.356 e. The summed E-state index contributed by atoms with van der Waals surface area (Å²) >= 11 is 3.34. The van der Waals surface area contributed by atoms with Crippen LogP contribution in [0.5, 0.6) is 0 Å². The lowest BCUT2D eigenvalue weighted by Crippen LogP contribution is -2.22. The highest BCUT2D eigenvalue weighted by molar-refractivity contribution is 7.99. The van der Waals surface area contributed by atoms with Crippen LogP contribution in [0, 0.1) is 6.92 Å². The van der Waals surface area contributed by atoms with E-state index in [9.17, 15) is 4.79 Å². The zero-order valence-electron chi connectivity index (χ0n) is 13.0. The maximum absolute atomic E-state index is 10.9. The topological polar surface area (TPSA) is 54.9 Å². The van der Waals surface area contributed by atoms with E-state index in [0.29, 0.717) is 6.54 Å². The summed E-state index contributed by atoms with van der Waals surface area (Å²) in [5.74, 6) is 1.57. The second kappa shape index (κ2) is 7.10. The van der Waals surface area contributed by atoms with Gasteiger partial charge in [-0.3, -0.25) is 4.79 Å². The zero-order chi connectivity index (χ0) is 16.2. The second-order valence-corrected chi connectivity index (χ2v) is 7.22. The molecule has 3 aromatic rings. The quantitative estimate of drug-likeness (QED) is 0.434. The minimum absolute atomic E-state index is 0.00323. The first-order valence-corrected chi connectivity index (χ1v) is 9.14. The van der Waals surface area contributed by atoms with Crippen molar-refractivity contribution in [3.05, 3.63) is 42.2 Å². The average molecular weight is 343 g/mol. The third-order valence-corrected chi connectivity index (χ3v) is 5.31. The SMILES string of the molecule is CC(=O)NCCSc1nc(C)nc2sc(-c3ccccc3)cc12. The van der Waals surface area contributed by atoms with Gasteiger partial charge in [0, 0.05) is 29.5 Å². The normalized spacial score (nSPS) is 10.9. The minimum atomic E-state index is -0.00323. The highest BCUT2D eigenvalue weighted by atomic mass is 32.2. The van der Waals surface area contributed by atoms with Gasteiger partial charge in [-0.1, -0.05) is 30.3 Å². The number of benzene rings is 1. The van der Waals surface area contributed by atoms with E-state index >= 15 is 0 Å². The van der Waals surface area contributed by atoms with Crippen LogP contribution in [-0.4, -0.2) is 28.2 Å². The third-order valence-electron chi connectivity index (χ3n) is 3.24. The molecule has 1 amide bonds. The van der Waals surface area contributed by atoms with E-state index < -0.39 is 0 Å². The number of carbonyl (C=O) groups excluding carboxylic acids is 1. The maximum Gasteiger partial charge on any atom is 0.216 e. The Hall–Kier alpha value is -1.92. The molecule has 6 heteroatoms. The molecule has 3 rings (SSSR count). The van der Waals surface area contributed by atoms with E-state index in [4.69, 9.17) is 0 Å². The lowest BCUT2D eigenvalue weighted by molar-refractivity contribution is -0.118. The van der Waals surface area contributed by atoms with Gasteiger partial charge in [-0.2, -0.15) is 0 Å². The standard InChI is InChI=1S/C17H17N3OS2/c1-11-19-16(22-9-8-18-12(2)21)14-10-15(23-17(14)20-11)13-6-4-3-5-7-13/h3-7,10H,8-9H2,1-2H3,(H,18,21). The molecular weight excluding hydrogens is 326 g/mol. The van der Waals surface area contributed by atoms with E-state index in [0.717, 1.165) is 26.8 Å². The fraction of sp³-hybridized carbons (Fsp3) is 0.235. The van der Waals surface area contributed by atoms with Gasteiger partial charge in [0.05, 0.1) is 0 Å². The molecule has 1 aromatic carbocycles. The van der Waals surface area contributed by atoms with E-state index in [1.54, 1.807) is 23.1 Å². The number of thioether (sulfide) groups is 1. The Labute approximate surface area is 143 Å². The van der Waals surface area contributed by atoms with Gasteiger partial charge < -0.3 is 5.32 Å². The van der Waals surface area contributed by atoms with Crippen molar-refractivity contribution in [1.29, 1.82) is 0 Å². The van der Waals surface area contributed by atoms with Crippen LogP contribution in [0.1, 0.15) is 12.7 Å². The number of aryl methyl sites for hydroxylation is 1. The third kappa shape index (κ3) is 3.89. The molecule has 0 unspecified atom stereocenters. The van der Waals surface area contributed by atoms with Crippen LogP contribution in [0.4, 0.5) is 0 Å². The summed E-state index contributed by atoms with van der Waals surface area (Å²) < 4.78 is 0. The number of aromatic nitrogens is 2. The maximum atomic E-state index is 10.9. The van der Waals surface area contributed by atoms with Crippen molar-refractivity contribution in [1.82, 2.24) is 15.3 Å². The Morgan fingerprint density at radius 2 is 2.04 bits per heavy atom. The molecule has 4 nitrogen and oxygen atoms in total. The number of hydrogen-bond acceptors (Lipinski definition) is 5. The molecule has 0 saturated carbocycles. The van der Waals surface area contributed by atoms with E-state index in [-0.39, 0.29) is 5.91 Å². The summed E-state index contributed by atoms with van der Waals surface area (Å²) in [6, 6.07) is 12.5. The van der Waals surface area contributed by atoms with Crippen LogP contribution in [0.25, 0.3) is 20.7 Å². The molecule has 0 spiro atoms. The van der Waals surface area contributed by atoms with Crippen LogP contribution in [0.2, 0.25) is 0 Å². The summed E-state index contributed by atoms with van der Waals surface area (Å²) in [7, 11) is 0. The summed E-state index contributed by atoms with van der Waals surface area (Å²) in [4.78, 5) is 22.3. The van der Waals surface area contributed by atoms with E-state index in [1.165, 1.54) is 17.4 Å². The van der Waals surface area contributed by atoms with Crippen molar-refractivity contribution in [2.75, 3.05) is 12.3 Å². The number of hydrogen-bond donors (Lipinski definition) is 1. The van der Waals surface area contributed by atoms with Crippen LogP contribution < -0.4 is 5.32 Å². The van der Waals surface area contributed by atoms with Gasteiger partial charge in [0.25, 0.3) is 0 Å². The Morgan fingerprint density at radius 3 is 2.78 bits per heavy atom. The number of carbonyl (C=O) groups is 1. The molecule has 0 aliphatic carbocycles. The molecule has 2 aromatic heterocycles. The van der Waals surface area contributed by atoms with Gasteiger partial charge in [-0.15, -0.1) is 23.1 Å². The Kier molecular flexibility index (Phi) is 4.93. The predicted octanol–water partition coefficient (Wildman–Crippen LogP) is 3.89. The molecule has 0 radical (unpaired) electrons. The molecule has 2 heterocycles. The Bertz CT molecular complexity index is 830. The zero-order valence-corrected chi connectivity index (χ0v) is 14.6. The number of amides is 1. The van der Waals surface area contributed by atoms with Gasteiger partial charge in [0.2, 0.25) is 5.91 Å².